The number of aromatic nitrogens is 2. The number of rotatable bonds is 6. The zero-order chi connectivity index (χ0) is 37.1. The van der Waals surface area contributed by atoms with Crippen molar-refractivity contribution in [3.8, 4) is 33.6 Å². The Morgan fingerprint density at radius 1 is 0.393 bits per heavy atom. The fraction of sp³-hybridized carbons (Fsp3) is 0.0741. The maximum Gasteiger partial charge on any atom is 0.160 e. The van der Waals surface area contributed by atoms with Gasteiger partial charge in [0.15, 0.2) is 5.82 Å². The van der Waals surface area contributed by atoms with Gasteiger partial charge in [-0.25, -0.2) is 9.97 Å². The van der Waals surface area contributed by atoms with Gasteiger partial charge in [0, 0.05) is 16.7 Å². The summed E-state index contributed by atoms with van der Waals surface area (Å²) in [7, 11) is 0. The molecule has 0 saturated heterocycles. The van der Waals surface area contributed by atoms with E-state index in [1.807, 2.05) is 6.07 Å². The molecule has 0 radical (unpaired) electrons. The molecular weight excluding hydrogens is 677 g/mol. The second-order valence-corrected chi connectivity index (χ2v) is 15.1. The van der Waals surface area contributed by atoms with Crippen LogP contribution in [0.2, 0.25) is 0 Å². The van der Waals surface area contributed by atoms with Crippen LogP contribution in [0.5, 0.6) is 0 Å². The van der Waals surface area contributed by atoms with Gasteiger partial charge in [0.2, 0.25) is 0 Å². The van der Waals surface area contributed by atoms with Crippen LogP contribution in [0.1, 0.15) is 63.2 Å². The highest BCUT2D eigenvalue weighted by Crippen LogP contribution is 2.65. The third kappa shape index (κ3) is 4.63. The Morgan fingerprint density at radius 2 is 0.911 bits per heavy atom. The van der Waals surface area contributed by atoms with E-state index >= 15 is 0 Å². The zero-order valence-corrected chi connectivity index (χ0v) is 30.9. The highest BCUT2D eigenvalue weighted by molar-refractivity contribution is 5.91. The Labute approximate surface area is 328 Å². The third-order valence-corrected chi connectivity index (χ3v) is 12.3. The number of allylic oxidation sites excluding steroid dienone is 4. The Morgan fingerprint density at radius 3 is 1.57 bits per heavy atom. The lowest BCUT2D eigenvalue weighted by molar-refractivity contribution is 0.627. The fourth-order valence-corrected chi connectivity index (χ4v) is 10.0. The van der Waals surface area contributed by atoms with Crippen LogP contribution in [0.15, 0.2) is 206 Å². The van der Waals surface area contributed by atoms with E-state index in [1.54, 1.807) is 0 Å². The maximum atomic E-state index is 5.21. The molecule has 11 rings (SSSR count). The molecule has 2 atom stereocenters. The molecule has 3 aliphatic carbocycles. The molecule has 0 spiro atoms. The first-order valence-corrected chi connectivity index (χ1v) is 19.7. The summed E-state index contributed by atoms with van der Waals surface area (Å²) in [5, 5.41) is 0. The van der Waals surface area contributed by atoms with Gasteiger partial charge in [-0.05, 0) is 74.5 Å². The lowest BCUT2D eigenvalue weighted by atomic mass is 9.52. The molecular formula is C54H38N2. The summed E-state index contributed by atoms with van der Waals surface area (Å²) in [5.74, 6) is 0.764. The first-order chi connectivity index (χ1) is 27.8. The van der Waals surface area contributed by atoms with Crippen molar-refractivity contribution in [3.63, 3.8) is 0 Å². The largest absolute Gasteiger partial charge is 0.228 e. The second-order valence-electron chi connectivity index (χ2n) is 15.1. The summed E-state index contributed by atoms with van der Waals surface area (Å²) in [6, 6.07) is 69.4. The molecule has 7 aromatic carbocycles. The lowest BCUT2D eigenvalue weighted by Gasteiger charge is -2.49. The van der Waals surface area contributed by atoms with Crippen LogP contribution >= 0.6 is 0 Å². The summed E-state index contributed by atoms with van der Waals surface area (Å²) in [6.45, 7) is 0. The summed E-state index contributed by atoms with van der Waals surface area (Å²) in [5.41, 5.74) is 17.0. The van der Waals surface area contributed by atoms with E-state index in [2.05, 4.69) is 200 Å². The molecule has 264 valence electrons. The molecule has 0 bridgehead atoms. The molecule has 0 amide bonds. The van der Waals surface area contributed by atoms with Crippen molar-refractivity contribution in [1.82, 2.24) is 9.97 Å². The first kappa shape index (κ1) is 32.5. The van der Waals surface area contributed by atoms with E-state index < -0.39 is 10.8 Å². The minimum Gasteiger partial charge on any atom is -0.228 e. The Hall–Kier alpha value is -6.90. The van der Waals surface area contributed by atoms with Crippen molar-refractivity contribution in [3.05, 3.63) is 257 Å². The predicted octanol–water partition coefficient (Wildman–Crippen LogP) is 12.6. The molecule has 0 fully saturated rings. The predicted molar refractivity (Wildman–Crippen MR) is 228 cm³/mol. The topological polar surface area (TPSA) is 25.8 Å². The van der Waals surface area contributed by atoms with Gasteiger partial charge in [-0.2, -0.15) is 0 Å². The van der Waals surface area contributed by atoms with Gasteiger partial charge in [0.1, 0.15) is 0 Å². The van der Waals surface area contributed by atoms with Crippen molar-refractivity contribution >= 4 is 5.57 Å². The van der Waals surface area contributed by atoms with Gasteiger partial charge in [0.05, 0.1) is 22.2 Å². The SMILES string of the molecule is C1=CC(c2nc(-c3ccccc3)cc(-c3ccc(C4(c5ccccc5)c5ccccc5C5(c6ccccc6)c6ccccc6-c6cccc4c65)cc3)n2)=CCC1. The van der Waals surface area contributed by atoms with Crippen LogP contribution < -0.4 is 0 Å². The Kier molecular flexibility index (Phi) is 7.47. The maximum absolute atomic E-state index is 5.21. The molecule has 0 aliphatic heterocycles. The van der Waals surface area contributed by atoms with E-state index in [1.165, 1.54) is 55.6 Å². The molecule has 1 aromatic heterocycles. The van der Waals surface area contributed by atoms with Gasteiger partial charge >= 0.3 is 0 Å². The van der Waals surface area contributed by atoms with Crippen molar-refractivity contribution in [2.75, 3.05) is 0 Å². The van der Waals surface area contributed by atoms with Crippen LogP contribution in [0.4, 0.5) is 0 Å². The smallest absolute Gasteiger partial charge is 0.160 e. The molecule has 1 heterocycles. The molecule has 0 saturated carbocycles. The standard InChI is InChI=1S/C54H38N2/c1-5-18-37(19-6-1)49-36-50(56-52(55-49)39-20-7-2-8-21-39)38-32-34-42(35-33-38)53(40-22-9-3-10-23-40)46-29-15-16-30-47(46)54(41-24-11-4-12-25-41)45-28-14-13-26-43(45)44-27-17-31-48(53)51(44)54/h1,3-7,9-36H,2,8H2. The average Bonchev–Trinajstić information content (AvgIpc) is 3.60. The van der Waals surface area contributed by atoms with Crippen LogP contribution in [-0.2, 0) is 10.8 Å². The number of hydrogen-bond acceptors (Lipinski definition) is 2. The van der Waals surface area contributed by atoms with E-state index in [0.717, 1.165) is 46.8 Å². The van der Waals surface area contributed by atoms with Crippen LogP contribution in [0.3, 0.4) is 0 Å². The molecule has 0 N–H and O–H groups in total. The second kappa shape index (κ2) is 12.9. The Bertz CT molecular complexity index is 2840. The van der Waals surface area contributed by atoms with Gasteiger partial charge < -0.3 is 0 Å². The molecule has 2 nitrogen and oxygen atoms in total. The molecule has 8 aromatic rings. The average molecular weight is 715 g/mol. The van der Waals surface area contributed by atoms with Gasteiger partial charge in [-0.3, -0.25) is 0 Å². The number of benzene rings is 7. The Balaban J connectivity index is 1.17. The van der Waals surface area contributed by atoms with Gasteiger partial charge in [-0.1, -0.05) is 200 Å². The van der Waals surface area contributed by atoms with Crippen LogP contribution in [-0.4, -0.2) is 9.97 Å². The highest BCUT2D eigenvalue weighted by Gasteiger charge is 2.57. The highest BCUT2D eigenvalue weighted by atomic mass is 14.9. The van der Waals surface area contributed by atoms with Gasteiger partial charge in [0.25, 0.3) is 0 Å². The van der Waals surface area contributed by atoms with E-state index in [4.69, 9.17) is 9.97 Å². The van der Waals surface area contributed by atoms with Crippen LogP contribution in [0, 0.1) is 0 Å². The number of nitrogens with zero attached hydrogens (tertiary/aromatic N) is 2. The number of fused-ring (bicyclic) bond motifs is 5. The summed E-state index contributed by atoms with van der Waals surface area (Å²) in [6.07, 6.45) is 8.69. The minimum atomic E-state index is -0.591. The lowest BCUT2D eigenvalue weighted by Crippen LogP contribution is -2.44. The van der Waals surface area contributed by atoms with Crippen LogP contribution in [0.25, 0.3) is 39.2 Å². The summed E-state index contributed by atoms with van der Waals surface area (Å²) < 4.78 is 0. The summed E-state index contributed by atoms with van der Waals surface area (Å²) >= 11 is 0. The first-order valence-electron chi connectivity index (χ1n) is 19.7. The minimum absolute atomic E-state index is 0.466. The van der Waals surface area contributed by atoms with E-state index in [9.17, 15) is 0 Å². The van der Waals surface area contributed by atoms with Crippen molar-refractivity contribution < 1.29 is 0 Å². The molecule has 3 aliphatic rings. The quantitative estimate of drug-likeness (QED) is 0.171. The zero-order valence-electron chi connectivity index (χ0n) is 30.9. The van der Waals surface area contributed by atoms with Crippen molar-refractivity contribution in [2.24, 2.45) is 0 Å². The van der Waals surface area contributed by atoms with Crippen molar-refractivity contribution in [2.45, 2.75) is 23.7 Å². The van der Waals surface area contributed by atoms with Gasteiger partial charge in [-0.15, -0.1) is 0 Å². The summed E-state index contributed by atoms with van der Waals surface area (Å²) in [4.78, 5) is 10.3. The van der Waals surface area contributed by atoms with E-state index in [-0.39, 0.29) is 0 Å². The fourth-order valence-electron chi connectivity index (χ4n) is 10.0. The molecule has 56 heavy (non-hydrogen) atoms. The number of hydrogen-bond donors (Lipinski definition) is 0. The van der Waals surface area contributed by atoms with E-state index in [0.29, 0.717) is 0 Å². The third-order valence-electron chi connectivity index (χ3n) is 12.3. The molecule has 2 unspecified atom stereocenters. The monoisotopic (exact) mass is 714 g/mol. The normalized spacial score (nSPS) is 18.8. The van der Waals surface area contributed by atoms with Crippen molar-refractivity contribution in [1.29, 1.82) is 0 Å². The molecule has 2 heteroatoms.